The maximum Gasteiger partial charge on any atom is 0.315 e. The second-order valence-corrected chi connectivity index (χ2v) is 5.75. The number of nitrogens with zero attached hydrogens (tertiary/aromatic N) is 5. The van der Waals surface area contributed by atoms with Crippen molar-refractivity contribution < 1.29 is 14.8 Å². The number of hydrogen-bond donors (Lipinski definition) is 5. The van der Waals surface area contributed by atoms with Crippen molar-refractivity contribution in [3.05, 3.63) is 38.9 Å². The first-order chi connectivity index (χ1) is 13.8. The number of rotatable bonds is 3. The van der Waals surface area contributed by atoms with E-state index in [0.29, 0.717) is 0 Å². The van der Waals surface area contributed by atoms with Crippen LogP contribution < -0.4 is 26.8 Å². The average molecular weight is 395 g/mol. The van der Waals surface area contributed by atoms with Gasteiger partial charge in [0.05, 0.1) is 17.7 Å². The van der Waals surface area contributed by atoms with E-state index in [-0.39, 0.29) is 45.7 Å². The number of hydrogen-bond acceptors (Lipinski definition) is 12. The molecule has 0 amide bonds. The van der Waals surface area contributed by atoms with Gasteiger partial charge in [-0.05, 0) is 11.6 Å². The molecule has 13 heteroatoms. The van der Waals surface area contributed by atoms with E-state index in [1.807, 2.05) is 6.07 Å². The smallest absolute Gasteiger partial charge is 0.315 e. The molecule has 0 spiro atoms. The maximum atomic E-state index is 11.4. The third-order valence-corrected chi connectivity index (χ3v) is 4.15. The highest BCUT2D eigenvalue weighted by Crippen LogP contribution is 2.45. The van der Waals surface area contributed by atoms with Crippen LogP contribution in [0.5, 0.6) is 11.5 Å². The Labute approximate surface area is 163 Å². The molecular formula is C16H13N9O4. The van der Waals surface area contributed by atoms with Gasteiger partial charge in [-0.3, -0.25) is 15.4 Å². The highest BCUT2D eigenvalue weighted by Gasteiger charge is 2.32. The number of anilines is 3. The van der Waals surface area contributed by atoms with Crippen LogP contribution in [0.4, 0.5) is 23.0 Å². The molecule has 1 aromatic carbocycles. The quantitative estimate of drug-likeness (QED) is 0.210. The molecule has 0 saturated heterocycles. The normalized spacial score (nSPS) is 14.4. The number of methoxy groups -OCH3 is 1. The zero-order valence-electron chi connectivity index (χ0n) is 14.8. The van der Waals surface area contributed by atoms with E-state index in [2.05, 4.69) is 20.6 Å². The molecule has 13 nitrogen and oxygen atoms in total. The van der Waals surface area contributed by atoms with Gasteiger partial charge in [0.15, 0.2) is 11.9 Å². The van der Waals surface area contributed by atoms with Crippen molar-refractivity contribution in [3.8, 4) is 23.8 Å². The van der Waals surface area contributed by atoms with Crippen LogP contribution in [0, 0.1) is 32.9 Å². The minimum atomic E-state index is -1.04. The Morgan fingerprint density at radius 1 is 1.41 bits per heavy atom. The molecule has 146 valence electrons. The Kier molecular flexibility index (Phi) is 4.64. The van der Waals surface area contributed by atoms with Crippen molar-refractivity contribution in [3.63, 3.8) is 0 Å². The second kappa shape index (κ2) is 7.09. The van der Waals surface area contributed by atoms with Gasteiger partial charge >= 0.3 is 5.69 Å². The number of nitrogen functional groups attached to an aromatic ring is 2. The number of aliphatic imine (C=N–C) groups is 1. The number of aromatic hydroxyl groups is 1. The monoisotopic (exact) mass is 395 g/mol. The Hall–Kier alpha value is -4.78. The minimum Gasteiger partial charge on any atom is -0.504 e. The summed E-state index contributed by atoms with van der Waals surface area (Å²) >= 11 is 0. The summed E-state index contributed by atoms with van der Waals surface area (Å²) in [5.41, 5.74) is 11.6. The molecule has 7 N–H and O–H groups in total. The van der Waals surface area contributed by atoms with Crippen molar-refractivity contribution in [1.29, 1.82) is 10.5 Å². The molecule has 0 fully saturated rings. The van der Waals surface area contributed by atoms with Crippen molar-refractivity contribution in [2.24, 2.45) is 4.99 Å². The van der Waals surface area contributed by atoms with Crippen molar-refractivity contribution in [1.82, 2.24) is 10.3 Å². The summed E-state index contributed by atoms with van der Waals surface area (Å²) in [6, 6.07) is 3.16. The van der Waals surface area contributed by atoms with Gasteiger partial charge in [0.25, 0.3) is 0 Å². The Morgan fingerprint density at radius 2 is 2.14 bits per heavy atom. The Balaban J connectivity index is 2.31. The van der Waals surface area contributed by atoms with E-state index in [9.17, 15) is 20.5 Å². The first-order valence-electron chi connectivity index (χ1n) is 7.86. The van der Waals surface area contributed by atoms with E-state index in [4.69, 9.17) is 21.5 Å². The molecule has 29 heavy (non-hydrogen) atoms. The Morgan fingerprint density at radius 3 is 2.72 bits per heavy atom. The largest absolute Gasteiger partial charge is 0.504 e. The molecule has 1 aromatic heterocycles. The molecule has 2 aromatic rings. The fourth-order valence-corrected chi connectivity index (χ4v) is 2.94. The molecule has 2 heterocycles. The first kappa shape index (κ1) is 19.0. The number of phenols is 1. The second-order valence-electron chi connectivity index (χ2n) is 5.75. The number of aromatic nitrogens is 1. The average Bonchev–Trinajstić information content (AvgIpc) is 2.67. The molecule has 1 unspecified atom stereocenters. The lowest BCUT2D eigenvalue weighted by Crippen LogP contribution is -2.32. The van der Waals surface area contributed by atoms with Crippen molar-refractivity contribution >= 4 is 29.0 Å². The van der Waals surface area contributed by atoms with Crippen molar-refractivity contribution in [2.45, 2.75) is 6.04 Å². The third kappa shape index (κ3) is 3.08. The van der Waals surface area contributed by atoms with E-state index in [0.717, 1.165) is 6.07 Å². The molecule has 0 saturated carbocycles. The first-order valence-corrected chi connectivity index (χ1v) is 7.86. The van der Waals surface area contributed by atoms with Crippen LogP contribution in [0.2, 0.25) is 0 Å². The van der Waals surface area contributed by atoms with Crippen LogP contribution in [0.25, 0.3) is 0 Å². The van der Waals surface area contributed by atoms with Gasteiger partial charge in [-0.15, -0.1) is 0 Å². The maximum absolute atomic E-state index is 11.4. The molecule has 0 aliphatic carbocycles. The van der Waals surface area contributed by atoms with Gasteiger partial charge in [0.1, 0.15) is 29.3 Å². The molecule has 1 atom stereocenters. The van der Waals surface area contributed by atoms with Gasteiger partial charge in [-0.2, -0.15) is 10.5 Å². The van der Waals surface area contributed by atoms with Gasteiger partial charge < -0.3 is 26.6 Å². The number of phenolic OH excluding ortho intramolecular Hbond substituents is 1. The third-order valence-electron chi connectivity index (χ3n) is 4.15. The van der Waals surface area contributed by atoms with Crippen LogP contribution in [0.1, 0.15) is 22.7 Å². The van der Waals surface area contributed by atoms with Crippen LogP contribution >= 0.6 is 0 Å². The number of nitrogens with one attached hydrogen (secondary N) is 2. The van der Waals surface area contributed by atoms with E-state index in [1.54, 1.807) is 6.19 Å². The molecule has 0 radical (unpaired) electrons. The van der Waals surface area contributed by atoms with Gasteiger partial charge in [0, 0.05) is 11.6 Å². The van der Waals surface area contributed by atoms with Crippen LogP contribution in [0.3, 0.4) is 0 Å². The topological polar surface area (TPSA) is 222 Å². The number of nitro benzene ring substituents is 1. The number of nitro groups is 1. The van der Waals surface area contributed by atoms with Crippen LogP contribution in [-0.4, -0.2) is 28.1 Å². The fraction of sp³-hybridized carbons (Fsp3) is 0.125. The SMILES string of the molecule is COc1c(O)cc(C2N=C(NC#N)Nc3nc(N)c(C#N)c(N)c32)cc1[N+](=O)[O-]. The lowest BCUT2D eigenvalue weighted by Gasteiger charge is -2.26. The zero-order chi connectivity index (χ0) is 21.3. The van der Waals surface area contributed by atoms with Crippen LogP contribution in [0.15, 0.2) is 17.1 Å². The summed E-state index contributed by atoms with van der Waals surface area (Å²) in [6.45, 7) is 0. The number of benzene rings is 1. The lowest BCUT2D eigenvalue weighted by molar-refractivity contribution is -0.385. The van der Waals surface area contributed by atoms with Crippen molar-refractivity contribution in [2.75, 3.05) is 23.9 Å². The van der Waals surface area contributed by atoms with Gasteiger partial charge in [0.2, 0.25) is 11.7 Å². The molecule has 1 aliphatic heterocycles. The standard InChI is InChI=1S/C16H13N9O4/c1-29-13-8(25(27)28)2-6(3-9(13)26)12-10-11(19)7(4-17)14(20)23-15(10)24-16(22-12)21-5-18/h2-3,12,26H,1H3,(H6,19,20,21,22,23,24). The number of nitrogens with two attached hydrogens (primary N) is 2. The summed E-state index contributed by atoms with van der Waals surface area (Å²) < 4.78 is 4.89. The Bertz CT molecular complexity index is 1150. The number of fused-ring (bicyclic) bond motifs is 1. The predicted molar refractivity (Wildman–Crippen MR) is 101 cm³/mol. The predicted octanol–water partition coefficient (Wildman–Crippen LogP) is 0.682. The van der Waals surface area contributed by atoms with E-state index in [1.165, 1.54) is 13.2 Å². The van der Waals surface area contributed by atoms with Crippen LogP contribution in [-0.2, 0) is 0 Å². The van der Waals surface area contributed by atoms with Gasteiger partial charge in [-0.1, -0.05) is 0 Å². The number of guanidine groups is 1. The van der Waals surface area contributed by atoms with E-state index < -0.39 is 22.4 Å². The summed E-state index contributed by atoms with van der Waals surface area (Å²) in [7, 11) is 1.18. The molecule has 1 aliphatic rings. The van der Waals surface area contributed by atoms with Gasteiger partial charge in [-0.25, -0.2) is 9.98 Å². The van der Waals surface area contributed by atoms with E-state index >= 15 is 0 Å². The molecular weight excluding hydrogens is 382 g/mol. The summed E-state index contributed by atoms with van der Waals surface area (Å²) in [5, 5.41) is 44.9. The minimum absolute atomic E-state index is 0.0287. The highest BCUT2D eigenvalue weighted by molar-refractivity contribution is 5.98. The lowest BCUT2D eigenvalue weighted by atomic mass is 9.94. The molecule has 3 rings (SSSR count). The summed E-state index contributed by atoms with van der Waals surface area (Å²) in [4.78, 5) is 19.0. The summed E-state index contributed by atoms with van der Waals surface area (Å²) in [6.07, 6.45) is 1.69. The summed E-state index contributed by atoms with van der Waals surface area (Å²) in [5.74, 6) is -0.886. The zero-order valence-corrected chi connectivity index (χ0v) is 14.8. The molecule has 0 bridgehead atoms. The number of ether oxygens (including phenoxy) is 1. The highest BCUT2D eigenvalue weighted by atomic mass is 16.6. The fourth-order valence-electron chi connectivity index (χ4n) is 2.94. The number of pyridine rings is 1. The number of nitriles is 2.